The third kappa shape index (κ3) is 5.79. The van der Waals surface area contributed by atoms with Gasteiger partial charge in [-0.15, -0.1) is 0 Å². The summed E-state index contributed by atoms with van der Waals surface area (Å²) in [4.78, 5) is 23.0. The maximum atomic E-state index is 11.5. The first-order valence-electron chi connectivity index (χ1n) is 7.15. The zero-order valence-corrected chi connectivity index (χ0v) is 12.2. The number of esters is 2. The first-order valence-corrected chi connectivity index (χ1v) is 7.15. The number of allylic oxidation sites excluding steroid dienone is 2. The van der Waals surface area contributed by atoms with Crippen molar-refractivity contribution < 1.29 is 19.1 Å². The van der Waals surface area contributed by atoms with Crippen molar-refractivity contribution in [3.8, 4) is 0 Å². The van der Waals surface area contributed by atoms with Gasteiger partial charge in [0.15, 0.2) is 0 Å². The molecule has 0 saturated carbocycles. The summed E-state index contributed by atoms with van der Waals surface area (Å²) in [5.41, 5.74) is 1.86. The van der Waals surface area contributed by atoms with Crippen LogP contribution in [0, 0.1) is 0 Å². The first kappa shape index (κ1) is 15.8. The van der Waals surface area contributed by atoms with Gasteiger partial charge >= 0.3 is 11.9 Å². The Labute approximate surface area is 129 Å². The predicted octanol–water partition coefficient (Wildman–Crippen LogP) is 3.11. The molecular formula is C18H18O4. The molecule has 0 heterocycles. The monoisotopic (exact) mass is 298 g/mol. The van der Waals surface area contributed by atoms with Crippen LogP contribution >= 0.6 is 0 Å². The molecule has 22 heavy (non-hydrogen) atoms. The number of rotatable bonds is 6. The molecule has 1 aromatic rings. The molecule has 0 aliphatic heterocycles. The summed E-state index contributed by atoms with van der Waals surface area (Å²) in [6, 6.07) is 9.33. The lowest BCUT2D eigenvalue weighted by molar-refractivity contribution is -0.140. The van der Waals surface area contributed by atoms with E-state index in [1.54, 1.807) is 0 Å². The molecule has 4 nitrogen and oxygen atoms in total. The van der Waals surface area contributed by atoms with Gasteiger partial charge in [0.25, 0.3) is 0 Å². The van der Waals surface area contributed by atoms with Crippen molar-refractivity contribution in [3.63, 3.8) is 0 Å². The average molecular weight is 298 g/mol. The van der Waals surface area contributed by atoms with Crippen LogP contribution in [0.25, 0.3) is 0 Å². The number of ether oxygens (including phenoxy) is 2. The summed E-state index contributed by atoms with van der Waals surface area (Å²) in [6.07, 6.45) is 10.2. The van der Waals surface area contributed by atoms with E-state index < -0.39 is 11.9 Å². The lowest BCUT2D eigenvalue weighted by Gasteiger charge is -2.06. The molecule has 0 spiro atoms. The third-order valence-electron chi connectivity index (χ3n) is 3.03. The summed E-state index contributed by atoms with van der Waals surface area (Å²) in [5.74, 6) is -1.13. The van der Waals surface area contributed by atoms with Gasteiger partial charge in [-0.05, 0) is 24.0 Å². The van der Waals surface area contributed by atoms with Gasteiger partial charge in [0.1, 0.15) is 13.2 Å². The molecule has 0 amide bonds. The Hall–Kier alpha value is -2.62. The normalized spacial score (nSPS) is 13.7. The highest BCUT2D eigenvalue weighted by Gasteiger charge is 2.03. The summed E-state index contributed by atoms with van der Waals surface area (Å²) >= 11 is 0. The Bertz CT molecular complexity index is 597. The first-order chi connectivity index (χ1) is 10.7. The maximum absolute atomic E-state index is 11.5. The smallest absolute Gasteiger partial charge is 0.331 e. The fourth-order valence-electron chi connectivity index (χ4n) is 1.89. The van der Waals surface area contributed by atoms with E-state index in [1.807, 2.05) is 48.6 Å². The standard InChI is InChI=1S/C18H18O4/c19-17(21-13-15-7-3-1-4-8-15)11-12-18(20)22-14-16-9-5-2-6-10-16/h1,3-5,7-12H,2,6,13-14H2/b12-11+. The summed E-state index contributed by atoms with van der Waals surface area (Å²) in [6.45, 7) is 0.398. The Balaban J connectivity index is 1.69. The van der Waals surface area contributed by atoms with Crippen molar-refractivity contribution in [1.82, 2.24) is 0 Å². The Morgan fingerprint density at radius 3 is 2.27 bits per heavy atom. The molecule has 114 valence electrons. The number of hydrogen-bond acceptors (Lipinski definition) is 4. The van der Waals surface area contributed by atoms with E-state index in [9.17, 15) is 9.59 Å². The lowest BCUT2D eigenvalue weighted by Crippen LogP contribution is -2.06. The molecule has 0 aromatic heterocycles. The van der Waals surface area contributed by atoms with Crippen molar-refractivity contribution in [2.45, 2.75) is 19.4 Å². The highest BCUT2D eigenvalue weighted by Crippen LogP contribution is 2.09. The zero-order valence-electron chi connectivity index (χ0n) is 12.2. The molecule has 1 aliphatic carbocycles. The van der Waals surface area contributed by atoms with Crippen LogP contribution in [-0.2, 0) is 25.7 Å². The van der Waals surface area contributed by atoms with Gasteiger partial charge < -0.3 is 9.47 Å². The molecule has 1 aromatic carbocycles. The Kier molecular flexibility index (Phi) is 6.18. The highest BCUT2D eigenvalue weighted by molar-refractivity contribution is 5.91. The maximum Gasteiger partial charge on any atom is 0.331 e. The van der Waals surface area contributed by atoms with Gasteiger partial charge in [-0.2, -0.15) is 0 Å². The van der Waals surface area contributed by atoms with E-state index in [0.717, 1.165) is 36.1 Å². The summed E-state index contributed by atoms with van der Waals surface area (Å²) < 4.78 is 10.1. The fourth-order valence-corrected chi connectivity index (χ4v) is 1.89. The van der Waals surface area contributed by atoms with Crippen LogP contribution in [0.3, 0.4) is 0 Å². The summed E-state index contributed by atoms with van der Waals surface area (Å²) in [5, 5.41) is 0. The quantitative estimate of drug-likeness (QED) is 0.598. The molecular weight excluding hydrogens is 280 g/mol. The zero-order chi connectivity index (χ0) is 15.6. The van der Waals surface area contributed by atoms with Crippen molar-refractivity contribution in [1.29, 1.82) is 0 Å². The molecule has 0 fully saturated rings. The molecule has 1 aliphatic rings. The van der Waals surface area contributed by atoms with Crippen molar-refractivity contribution in [3.05, 3.63) is 71.8 Å². The minimum Gasteiger partial charge on any atom is -0.458 e. The second-order valence-electron chi connectivity index (χ2n) is 4.79. The predicted molar refractivity (Wildman–Crippen MR) is 82.8 cm³/mol. The average Bonchev–Trinajstić information content (AvgIpc) is 2.58. The van der Waals surface area contributed by atoms with Gasteiger partial charge in [0, 0.05) is 12.2 Å². The van der Waals surface area contributed by atoms with Crippen molar-refractivity contribution in [2.24, 2.45) is 0 Å². The SMILES string of the molecule is O=C(/C=C/C(=O)OCc1ccccc1)OCC1=CCCC=C1. The van der Waals surface area contributed by atoms with Crippen LogP contribution < -0.4 is 0 Å². The van der Waals surface area contributed by atoms with Crippen molar-refractivity contribution >= 4 is 11.9 Å². The number of benzene rings is 1. The molecule has 0 bridgehead atoms. The highest BCUT2D eigenvalue weighted by atomic mass is 16.5. The van der Waals surface area contributed by atoms with Gasteiger partial charge in [-0.1, -0.05) is 48.6 Å². The topological polar surface area (TPSA) is 52.6 Å². The van der Waals surface area contributed by atoms with Crippen LogP contribution in [0.5, 0.6) is 0 Å². The van der Waals surface area contributed by atoms with E-state index in [0.29, 0.717) is 0 Å². The van der Waals surface area contributed by atoms with Crippen LogP contribution in [-0.4, -0.2) is 18.5 Å². The third-order valence-corrected chi connectivity index (χ3v) is 3.03. The Morgan fingerprint density at radius 2 is 1.64 bits per heavy atom. The van der Waals surface area contributed by atoms with E-state index in [-0.39, 0.29) is 13.2 Å². The van der Waals surface area contributed by atoms with E-state index >= 15 is 0 Å². The molecule has 0 atom stereocenters. The van der Waals surface area contributed by atoms with Gasteiger partial charge in [-0.25, -0.2) is 9.59 Å². The van der Waals surface area contributed by atoms with Gasteiger partial charge in [0.2, 0.25) is 0 Å². The van der Waals surface area contributed by atoms with E-state index in [1.165, 1.54) is 0 Å². The van der Waals surface area contributed by atoms with Crippen LogP contribution in [0.1, 0.15) is 18.4 Å². The number of hydrogen-bond donors (Lipinski definition) is 0. The van der Waals surface area contributed by atoms with Crippen LogP contribution in [0.4, 0.5) is 0 Å². The number of carbonyl (C=O) groups is 2. The fraction of sp³-hybridized carbons (Fsp3) is 0.222. The molecule has 0 unspecified atom stereocenters. The minimum atomic E-state index is -0.572. The number of carbonyl (C=O) groups excluding carboxylic acids is 2. The second kappa shape index (κ2) is 8.62. The summed E-state index contributed by atoms with van der Waals surface area (Å²) in [7, 11) is 0. The molecule has 4 heteroatoms. The second-order valence-corrected chi connectivity index (χ2v) is 4.79. The van der Waals surface area contributed by atoms with Gasteiger partial charge in [-0.3, -0.25) is 0 Å². The molecule has 0 saturated heterocycles. The van der Waals surface area contributed by atoms with Crippen LogP contribution in [0.2, 0.25) is 0 Å². The Morgan fingerprint density at radius 1 is 0.955 bits per heavy atom. The molecule has 0 radical (unpaired) electrons. The minimum absolute atomic E-state index is 0.177. The van der Waals surface area contributed by atoms with Crippen molar-refractivity contribution in [2.75, 3.05) is 6.61 Å². The largest absolute Gasteiger partial charge is 0.458 e. The molecule has 2 rings (SSSR count). The van der Waals surface area contributed by atoms with Crippen LogP contribution in [0.15, 0.2) is 66.3 Å². The lowest BCUT2D eigenvalue weighted by atomic mass is 10.1. The van der Waals surface area contributed by atoms with Gasteiger partial charge in [0.05, 0.1) is 0 Å². The van der Waals surface area contributed by atoms with E-state index in [4.69, 9.17) is 9.47 Å². The van der Waals surface area contributed by atoms with E-state index in [2.05, 4.69) is 0 Å². The molecule has 0 N–H and O–H groups in total.